The summed E-state index contributed by atoms with van der Waals surface area (Å²) in [5.41, 5.74) is 1.16. The van der Waals surface area contributed by atoms with Gasteiger partial charge in [-0.1, -0.05) is 35.3 Å². The second kappa shape index (κ2) is 6.09. The number of halogens is 2. The van der Waals surface area contributed by atoms with Crippen molar-refractivity contribution in [3.05, 3.63) is 52.0 Å². The summed E-state index contributed by atoms with van der Waals surface area (Å²) in [6.45, 7) is 1.69. The van der Waals surface area contributed by atoms with Crippen molar-refractivity contribution in [1.82, 2.24) is 15.0 Å². The fourth-order valence-electron chi connectivity index (χ4n) is 2.21. The number of rotatable bonds is 4. The predicted molar refractivity (Wildman–Crippen MR) is 87.0 cm³/mol. The van der Waals surface area contributed by atoms with Gasteiger partial charge in [0.25, 0.3) is 0 Å². The molecule has 0 fully saturated rings. The summed E-state index contributed by atoms with van der Waals surface area (Å²) in [4.78, 5) is -0.00631. The van der Waals surface area contributed by atoms with E-state index in [1.165, 1.54) is 6.07 Å². The molecule has 1 aromatic heterocycles. The molecule has 0 amide bonds. The maximum Gasteiger partial charge on any atom is 0.243 e. The molecule has 0 spiro atoms. The highest BCUT2D eigenvalue weighted by molar-refractivity contribution is 7.89. The van der Waals surface area contributed by atoms with Gasteiger partial charge in [0, 0.05) is 16.1 Å². The summed E-state index contributed by atoms with van der Waals surface area (Å²) < 4.78 is 32.4. The number of hydrogen-bond acceptors (Lipinski definition) is 5. The van der Waals surface area contributed by atoms with E-state index in [1.807, 2.05) is 0 Å². The number of nitrogens with zero attached hydrogens (tertiary/aromatic N) is 2. The summed E-state index contributed by atoms with van der Waals surface area (Å²) in [6, 6.07) is 8.95. The molecule has 0 saturated heterocycles. The normalized spacial score (nSPS) is 13.3. The van der Waals surface area contributed by atoms with E-state index in [2.05, 4.69) is 19.7 Å². The second-order valence-corrected chi connectivity index (χ2v) is 7.42. The third kappa shape index (κ3) is 3.18. The van der Waals surface area contributed by atoms with Crippen LogP contribution < -0.4 is 4.72 Å². The van der Waals surface area contributed by atoms with Gasteiger partial charge >= 0.3 is 0 Å². The molecular weight excluding hydrogens is 361 g/mol. The molecule has 9 heteroatoms. The van der Waals surface area contributed by atoms with Crippen LogP contribution >= 0.6 is 23.2 Å². The average molecular weight is 372 g/mol. The Bertz CT molecular complexity index is 972. The SMILES string of the molecule is C[C@@H](NS(=O)(=O)c1cccc2nonc12)c1ccc(Cl)cc1Cl. The van der Waals surface area contributed by atoms with E-state index in [0.29, 0.717) is 21.1 Å². The minimum absolute atomic E-state index is 0.00631. The van der Waals surface area contributed by atoms with Crippen molar-refractivity contribution in [2.45, 2.75) is 17.9 Å². The first-order valence-corrected chi connectivity index (χ1v) is 8.81. The Morgan fingerprint density at radius 2 is 1.96 bits per heavy atom. The third-order valence-electron chi connectivity index (χ3n) is 3.30. The van der Waals surface area contributed by atoms with E-state index in [4.69, 9.17) is 23.2 Å². The topological polar surface area (TPSA) is 85.1 Å². The lowest BCUT2D eigenvalue weighted by Crippen LogP contribution is -2.27. The first-order valence-electron chi connectivity index (χ1n) is 6.57. The van der Waals surface area contributed by atoms with Crippen LogP contribution in [0.2, 0.25) is 10.0 Å². The lowest BCUT2D eigenvalue weighted by atomic mass is 10.1. The van der Waals surface area contributed by atoms with E-state index in [1.54, 1.807) is 37.3 Å². The Morgan fingerprint density at radius 1 is 1.17 bits per heavy atom. The van der Waals surface area contributed by atoms with Gasteiger partial charge in [-0.25, -0.2) is 17.8 Å². The maximum absolute atomic E-state index is 12.6. The largest absolute Gasteiger partial charge is 0.243 e. The molecule has 120 valence electrons. The number of aromatic nitrogens is 2. The van der Waals surface area contributed by atoms with Crippen LogP contribution in [0.1, 0.15) is 18.5 Å². The smallest absolute Gasteiger partial charge is 0.243 e. The van der Waals surface area contributed by atoms with Gasteiger partial charge in [0.1, 0.15) is 10.4 Å². The van der Waals surface area contributed by atoms with Crippen molar-refractivity contribution >= 4 is 44.3 Å². The first-order chi connectivity index (χ1) is 10.9. The molecule has 0 unspecified atom stereocenters. The Morgan fingerprint density at radius 3 is 2.70 bits per heavy atom. The highest BCUT2D eigenvalue weighted by atomic mass is 35.5. The molecule has 3 rings (SSSR count). The molecule has 1 heterocycles. The first kappa shape index (κ1) is 16.2. The molecule has 1 atom stereocenters. The Balaban J connectivity index is 1.96. The van der Waals surface area contributed by atoms with Crippen LogP contribution in [0.25, 0.3) is 11.0 Å². The van der Waals surface area contributed by atoms with Gasteiger partial charge in [-0.3, -0.25) is 0 Å². The molecule has 0 bridgehead atoms. The number of sulfonamides is 1. The molecule has 0 aliphatic carbocycles. The molecule has 0 aliphatic heterocycles. The van der Waals surface area contributed by atoms with Crippen LogP contribution in [-0.2, 0) is 10.0 Å². The second-order valence-electron chi connectivity index (χ2n) is 4.90. The fraction of sp³-hybridized carbons (Fsp3) is 0.143. The number of hydrogen-bond donors (Lipinski definition) is 1. The van der Waals surface area contributed by atoms with Crippen molar-refractivity contribution < 1.29 is 13.0 Å². The van der Waals surface area contributed by atoms with Gasteiger partial charge in [0.05, 0.1) is 0 Å². The van der Waals surface area contributed by atoms with E-state index in [0.717, 1.165) is 0 Å². The quantitative estimate of drug-likeness (QED) is 0.757. The van der Waals surface area contributed by atoms with Crippen LogP contribution in [0.15, 0.2) is 45.9 Å². The van der Waals surface area contributed by atoms with Crippen molar-refractivity contribution in [3.63, 3.8) is 0 Å². The lowest BCUT2D eigenvalue weighted by molar-refractivity contribution is 0.315. The summed E-state index contributed by atoms with van der Waals surface area (Å²) in [5.74, 6) is 0. The monoisotopic (exact) mass is 371 g/mol. The van der Waals surface area contributed by atoms with Gasteiger partial charge in [-0.2, -0.15) is 0 Å². The van der Waals surface area contributed by atoms with Gasteiger partial charge < -0.3 is 0 Å². The number of fused-ring (bicyclic) bond motifs is 1. The molecule has 0 saturated carbocycles. The minimum Gasteiger partial charge on any atom is -0.243 e. The van der Waals surface area contributed by atoms with Gasteiger partial charge in [-0.15, -0.1) is 0 Å². The maximum atomic E-state index is 12.6. The molecule has 3 aromatic rings. The summed E-state index contributed by atoms with van der Waals surface area (Å²) in [7, 11) is -3.84. The molecule has 0 aliphatic rings. The minimum atomic E-state index is -3.84. The van der Waals surface area contributed by atoms with Crippen molar-refractivity contribution in [1.29, 1.82) is 0 Å². The Kier molecular flexibility index (Phi) is 4.29. The molecule has 6 nitrogen and oxygen atoms in total. The van der Waals surface area contributed by atoms with Gasteiger partial charge in [-0.05, 0) is 47.1 Å². The number of benzene rings is 2. The van der Waals surface area contributed by atoms with Crippen molar-refractivity contribution in [3.8, 4) is 0 Å². The van der Waals surface area contributed by atoms with Crippen molar-refractivity contribution in [2.24, 2.45) is 0 Å². The summed E-state index contributed by atoms with van der Waals surface area (Å²) >= 11 is 12.0. The fourth-order valence-corrected chi connectivity index (χ4v) is 4.16. The zero-order valence-corrected chi connectivity index (χ0v) is 14.2. The summed E-state index contributed by atoms with van der Waals surface area (Å²) in [6.07, 6.45) is 0. The van der Waals surface area contributed by atoms with E-state index in [-0.39, 0.29) is 10.4 Å². The van der Waals surface area contributed by atoms with E-state index >= 15 is 0 Å². The molecule has 23 heavy (non-hydrogen) atoms. The zero-order valence-electron chi connectivity index (χ0n) is 11.8. The van der Waals surface area contributed by atoms with Gasteiger partial charge in [0.2, 0.25) is 10.0 Å². The lowest BCUT2D eigenvalue weighted by Gasteiger charge is -2.16. The van der Waals surface area contributed by atoms with Gasteiger partial charge in [0.15, 0.2) is 5.52 Å². The molecular formula is C14H11Cl2N3O3S. The Hall–Kier alpha value is -1.67. The predicted octanol–water partition coefficient (Wildman–Crippen LogP) is 3.57. The highest BCUT2D eigenvalue weighted by Gasteiger charge is 2.23. The van der Waals surface area contributed by atoms with E-state index in [9.17, 15) is 8.42 Å². The van der Waals surface area contributed by atoms with Crippen LogP contribution in [-0.4, -0.2) is 18.7 Å². The van der Waals surface area contributed by atoms with Crippen LogP contribution in [0.3, 0.4) is 0 Å². The highest BCUT2D eigenvalue weighted by Crippen LogP contribution is 2.28. The zero-order chi connectivity index (χ0) is 16.6. The van der Waals surface area contributed by atoms with Crippen LogP contribution in [0.4, 0.5) is 0 Å². The molecule has 0 radical (unpaired) electrons. The number of nitrogens with one attached hydrogen (secondary N) is 1. The van der Waals surface area contributed by atoms with Crippen molar-refractivity contribution in [2.75, 3.05) is 0 Å². The third-order valence-corrected chi connectivity index (χ3v) is 5.43. The molecule has 1 N–H and O–H groups in total. The van der Waals surface area contributed by atoms with E-state index < -0.39 is 16.1 Å². The standard InChI is InChI=1S/C14H11Cl2N3O3S/c1-8(10-6-5-9(15)7-11(10)16)19-23(20,21)13-4-2-3-12-14(13)18-22-17-12/h2-8,19H,1H3/t8-/m1/s1. The Labute approximate surface area is 142 Å². The molecule has 2 aromatic carbocycles. The van der Waals surface area contributed by atoms with Crippen LogP contribution in [0, 0.1) is 0 Å². The average Bonchev–Trinajstić information content (AvgIpc) is 2.94. The van der Waals surface area contributed by atoms with Crippen LogP contribution in [0.5, 0.6) is 0 Å². The summed E-state index contributed by atoms with van der Waals surface area (Å²) in [5, 5.41) is 8.15.